The van der Waals surface area contributed by atoms with Crippen LogP contribution in [0.15, 0.2) is 48.5 Å². The molecule has 0 bridgehead atoms. The van der Waals surface area contributed by atoms with Crippen molar-refractivity contribution in [2.24, 2.45) is 5.73 Å². The third-order valence-electron chi connectivity index (χ3n) is 3.92. The van der Waals surface area contributed by atoms with Gasteiger partial charge in [0.15, 0.2) is 12.4 Å². The molecule has 26 heavy (non-hydrogen) atoms. The van der Waals surface area contributed by atoms with Crippen LogP contribution in [-0.4, -0.2) is 36.2 Å². The summed E-state index contributed by atoms with van der Waals surface area (Å²) >= 11 is 0. The minimum atomic E-state index is -0.505. The summed E-state index contributed by atoms with van der Waals surface area (Å²) in [6.45, 7) is 2.03. The second-order valence-corrected chi connectivity index (χ2v) is 5.90. The van der Waals surface area contributed by atoms with Crippen molar-refractivity contribution in [1.82, 2.24) is 4.90 Å². The molecular formula is C20H22N2O4. The summed E-state index contributed by atoms with van der Waals surface area (Å²) in [4.78, 5) is 36.5. The van der Waals surface area contributed by atoms with Gasteiger partial charge in [-0.1, -0.05) is 19.1 Å². The van der Waals surface area contributed by atoms with Gasteiger partial charge in [-0.3, -0.25) is 14.4 Å². The first-order valence-electron chi connectivity index (χ1n) is 8.29. The maximum absolute atomic E-state index is 12.2. The Kier molecular flexibility index (Phi) is 6.49. The zero-order valence-electron chi connectivity index (χ0n) is 14.9. The molecule has 0 aliphatic carbocycles. The molecule has 0 aliphatic heterocycles. The van der Waals surface area contributed by atoms with E-state index in [4.69, 9.17) is 10.5 Å². The highest BCUT2D eigenvalue weighted by atomic mass is 16.5. The van der Waals surface area contributed by atoms with Crippen molar-refractivity contribution in [1.29, 1.82) is 0 Å². The fourth-order valence-electron chi connectivity index (χ4n) is 2.38. The van der Waals surface area contributed by atoms with Crippen molar-refractivity contribution in [3.05, 3.63) is 65.2 Å². The number of ketones is 1. The number of carbonyl (C=O) groups excluding carboxylic acids is 3. The number of amides is 2. The number of Topliss-reactive ketones (excluding diaryl/α,β-unsaturated/α-hetero) is 1. The molecule has 0 spiro atoms. The van der Waals surface area contributed by atoms with Gasteiger partial charge in [0, 0.05) is 31.1 Å². The van der Waals surface area contributed by atoms with E-state index in [0.29, 0.717) is 29.8 Å². The average Bonchev–Trinajstić information content (AvgIpc) is 2.66. The van der Waals surface area contributed by atoms with Gasteiger partial charge in [-0.15, -0.1) is 0 Å². The lowest BCUT2D eigenvalue weighted by Crippen LogP contribution is -2.31. The Morgan fingerprint density at radius 3 is 2.35 bits per heavy atom. The van der Waals surface area contributed by atoms with Crippen LogP contribution in [0.25, 0.3) is 0 Å². The Bertz CT molecular complexity index is 800. The van der Waals surface area contributed by atoms with Crippen LogP contribution >= 0.6 is 0 Å². The largest absolute Gasteiger partial charge is 0.484 e. The number of ether oxygens (including phenoxy) is 1. The molecule has 6 heteroatoms. The molecule has 0 fully saturated rings. The van der Waals surface area contributed by atoms with E-state index in [1.54, 1.807) is 56.4 Å². The number of nitrogens with two attached hydrogens (primary N) is 1. The smallest absolute Gasteiger partial charge is 0.260 e. The highest BCUT2D eigenvalue weighted by molar-refractivity contribution is 5.96. The standard InChI is InChI=1S/C20H22N2O4/c1-3-18(23)15-7-9-17(10-8-15)26-13-19(24)22(2)12-14-5-4-6-16(11-14)20(21)25/h4-11H,3,12-13H2,1-2H3,(H2,21,25). The number of benzene rings is 2. The normalized spacial score (nSPS) is 10.2. The third-order valence-corrected chi connectivity index (χ3v) is 3.92. The molecule has 0 heterocycles. The lowest BCUT2D eigenvalue weighted by Gasteiger charge is -2.18. The fraction of sp³-hybridized carbons (Fsp3) is 0.250. The molecule has 2 amide bonds. The van der Waals surface area contributed by atoms with E-state index >= 15 is 0 Å². The zero-order chi connectivity index (χ0) is 19.1. The van der Waals surface area contributed by atoms with Gasteiger partial charge in [0.25, 0.3) is 5.91 Å². The van der Waals surface area contributed by atoms with Crippen molar-refractivity contribution in [2.75, 3.05) is 13.7 Å². The second kappa shape index (κ2) is 8.80. The Hall–Kier alpha value is -3.15. The van der Waals surface area contributed by atoms with E-state index < -0.39 is 5.91 Å². The maximum atomic E-state index is 12.2. The lowest BCUT2D eigenvalue weighted by molar-refractivity contribution is -0.132. The Morgan fingerprint density at radius 2 is 1.73 bits per heavy atom. The van der Waals surface area contributed by atoms with Gasteiger partial charge in [-0.05, 0) is 42.0 Å². The molecule has 0 saturated heterocycles. The fourth-order valence-corrected chi connectivity index (χ4v) is 2.38. The molecule has 0 radical (unpaired) electrons. The Balaban J connectivity index is 1.90. The summed E-state index contributed by atoms with van der Waals surface area (Å²) in [5.74, 6) is -0.127. The molecule has 0 atom stereocenters. The van der Waals surface area contributed by atoms with Gasteiger partial charge in [0.2, 0.25) is 5.91 Å². The van der Waals surface area contributed by atoms with E-state index in [1.165, 1.54) is 4.90 Å². The molecule has 2 rings (SSSR count). The number of hydrogen-bond acceptors (Lipinski definition) is 4. The van der Waals surface area contributed by atoms with Gasteiger partial charge in [-0.25, -0.2) is 0 Å². The first kappa shape index (κ1) is 19.2. The Morgan fingerprint density at radius 1 is 1.04 bits per heavy atom. The lowest BCUT2D eigenvalue weighted by atomic mass is 10.1. The van der Waals surface area contributed by atoms with E-state index in [-0.39, 0.29) is 18.3 Å². The molecule has 6 nitrogen and oxygen atoms in total. The van der Waals surface area contributed by atoms with Crippen LogP contribution in [0.1, 0.15) is 39.6 Å². The number of rotatable bonds is 8. The SMILES string of the molecule is CCC(=O)c1ccc(OCC(=O)N(C)Cc2cccc(C(N)=O)c2)cc1. The van der Waals surface area contributed by atoms with Gasteiger partial charge >= 0.3 is 0 Å². The summed E-state index contributed by atoms with van der Waals surface area (Å²) < 4.78 is 5.48. The Labute approximate surface area is 152 Å². The number of nitrogens with zero attached hydrogens (tertiary/aromatic N) is 1. The molecule has 0 unspecified atom stereocenters. The summed E-state index contributed by atoms with van der Waals surface area (Å²) in [5, 5.41) is 0. The maximum Gasteiger partial charge on any atom is 0.260 e. The van der Waals surface area contributed by atoms with Crippen molar-refractivity contribution < 1.29 is 19.1 Å². The number of carbonyl (C=O) groups is 3. The van der Waals surface area contributed by atoms with Crippen LogP contribution in [0.3, 0.4) is 0 Å². The van der Waals surface area contributed by atoms with E-state index in [9.17, 15) is 14.4 Å². The highest BCUT2D eigenvalue weighted by Gasteiger charge is 2.12. The van der Waals surface area contributed by atoms with E-state index in [1.807, 2.05) is 6.07 Å². The van der Waals surface area contributed by atoms with Crippen molar-refractivity contribution in [3.8, 4) is 5.75 Å². The van der Waals surface area contributed by atoms with Crippen molar-refractivity contribution in [2.45, 2.75) is 19.9 Å². The van der Waals surface area contributed by atoms with Crippen molar-refractivity contribution in [3.63, 3.8) is 0 Å². The highest BCUT2D eigenvalue weighted by Crippen LogP contribution is 2.14. The van der Waals surface area contributed by atoms with E-state index in [2.05, 4.69) is 0 Å². The first-order chi connectivity index (χ1) is 12.4. The van der Waals surface area contributed by atoms with E-state index in [0.717, 1.165) is 5.56 Å². The van der Waals surface area contributed by atoms with Crippen LogP contribution in [0.2, 0.25) is 0 Å². The molecule has 136 valence electrons. The third kappa shape index (κ3) is 5.17. The van der Waals surface area contributed by atoms with Crippen LogP contribution in [0.4, 0.5) is 0 Å². The number of primary amides is 1. The van der Waals surface area contributed by atoms with Gasteiger partial charge < -0.3 is 15.4 Å². The summed E-state index contributed by atoms with van der Waals surface area (Å²) in [6.07, 6.45) is 0.445. The minimum absolute atomic E-state index is 0.0607. The quantitative estimate of drug-likeness (QED) is 0.737. The predicted molar refractivity (Wildman–Crippen MR) is 98.0 cm³/mol. The molecule has 2 aromatic carbocycles. The molecule has 0 aliphatic rings. The van der Waals surface area contributed by atoms with Gasteiger partial charge in [-0.2, -0.15) is 0 Å². The van der Waals surface area contributed by atoms with Crippen LogP contribution in [-0.2, 0) is 11.3 Å². The average molecular weight is 354 g/mol. The predicted octanol–water partition coefficient (Wildman–Crippen LogP) is 2.42. The minimum Gasteiger partial charge on any atom is -0.484 e. The zero-order valence-corrected chi connectivity index (χ0v) is 14.9. The summed E-state index contributed by atoms with van der Waals surface area (Å²) in [6, 6.07) is 13.6. The van der Waals surface area contributed by atoms with Crippen LogP contribution in [0, 0.1) is 0 Å². The molecule has 2 aromatic rings. The van der Waals surface area contributed by atoms with Crippen molar-refractivity contribution >= 4 is 17.6 Å². The van der Waals surface area contributed by atoms with Gasteiger partial charge in [0.1, 0.15) is 5.75 Å². The molecule has 2 N–H and O–H groups in total. The van der Waals surface area contributed by atoms with Crippen LogP contribution in [0.5, 0.6) is 5.75 Å². The van der Waals surface area contributed by atoms with Gasteiger partial charge in [0.05, 0.1) is 0 Å². The molecule has 0 saturated carbocycles. The summed E-state index contributed by atoms with van der Waals surface area (Å²) in [7, 11) is 1.66. The molecular weight excluding hydrogens is 332 g/mol. The first-order valence-corrected chi connectivity index (χ1v) is 8.29. The molecule has 0 aromatic heterocycles. The summed E-state index contributed by atoms with van der Waals surface area (Å²) in [5.41, 5.74) is 7.09. The number of hydrogen-bond donors (Lipinski definition) is 1. The van der Waals surface area contributed by atoms with Crippen LogP contribution < -0.4 is 10.5 Å². The second-order valence-electron chi connectivity index (χ2n) is 5.90. The monoisotopic (exact) mass is 354 g/mol. The number of likely N-dealkylation sites (N-methyl/N-ethyl adjacent to an activating group) is 1. The topological polar surface area (TPSA) is 89.7 Å².